The summed E-state index contributed by atoms with van der Waals surface area (Å²) in [5.74, 6) is 1.14. The molecule has 2 nitrogen and oxygen atoms in total. The molecular formula is C9H11Cl2NO. The van der Waals surface area contributed by atoms with Crippen LogP contribution in [0.5, 0.6) is 5.75 Å². The van der Waals surface area contributed by atoms with Crippen molar-refractivity contribution in [2.24, 2.45) is 5.92 Å². The molecular weight excluding hydrogens is 209 g/mol. The maximum absolute atomic E-state index is 5.75. The van der Waals surface area contributed by atoms with Gasteiger partial charge in [0.2, 0.25) is 0 Å². The van der Waals surface area contributed by atoms with Crippen LogP contribution in [0, 0.1) is 5.92 Å². The zero-order chi connectivity index (χ0) is 9.84. The van der Waals surface area contributed by atoms with Crippen molar-refractivity contribution >= 4 is 23.2 Å². The van der Waals surface area contributed by atoms with Gasteiger partial charge >= 0.3 is 0 Å². The molecule has 0 saturated carbocycles. The molecule has 0 fully saturated rings. The van der Waals surface area contributed by atoms with Crippen LogP contribution in [-0.4, -0.2) is 11.6 Å². The number of pyridine rings is 1. The summed E-state index contributed by atoms with van der Waals surface area (Å²) in [6.07, 6.45) is 1.57. The first-order valence-electron chi connectivity index (χ1n) is 4.03. The predicted octanol–water partition coefficient (Wildman–Crippen LogP) is 3.42. The smallest absolute Gasteiger partial charge is 0.147 e. The number of ether oxygens (including phenoxy) is 1. The molecule has 0 saturated heterocycles. The van der Waals surface area contributed by atoms with Gasteiger partial charge in [0, 0.05) is 6.07 Å². The minimum absolute atomic E-state index is 0.304. The second-order valence-electron chi connectivity index (χ2n) is 3.15. The van der Waals surface area contributed by atoms with Crippen molar-refractivity contribution in [3.05, 3.63) is 22.4 Å². The Morgan fingerprint density at radius 1 is 1.46 bits per heavy atom. The maximum Gasteiger partial charge on any atom is 0.147 e. The third-order valence-electron chi connectivity index (χ3n) is 1.35. The van der Waals surface area contributed by atoms with Crippen LogP contribution in [0.15, 0.2) is 12.3 Å². The van der Waals surface area contributed by atoms with Gasteiger partial charge in [0.15, 0.2) is 0 Å². The molecule has 4 heteroatoms. The highest BCUT2D eigenvalue weighted by Gasteiger charge is 2.02. The lowest BCUT2D eigenvalue weighted by Crippen LogP contribution is -2.04. The molecule has 1 aromatic heterocycles. The summed E-state index contributed by atoms with van der Waals surface area (Å²) in [4.78, 5) is 3.87. The fourth-order valence-electron chi connectivity index (χ4n) is 0.746. The quantitative estimate of drug-likeness (QED) is 0.728. The fraction of sp³-hybridized carbons (Fsp3) is 0.444. The highest BCUT2D eigenvalue weighted by molar-refractivity contribution is 6.41. The van der Waals surface area contributed by atoms with E-state index in [1.165, 1.54) is 0 Å². The van der Waals surface area contributed by atoms with Crippen LogP contribution in [0.1, 0.15) is 13.8 Å². The monoisotopic (exact) mass is 219 g/mol. The summed E-state index contributed by atoms with van der Waals surface area (Å²) in [6.45, 7) is 4.80. The van der Waals surface area contributed by atoms with Gasteiger partial charge in [0.25, 0.3) is 0 Å². The molecule has 0 amide bonds. The molecule has 0 spiro atoms. The second-order valence-corrected chi connectivity index (χ2v) is 3.91. The van der Waals surface area contributed by atoms with Crippen molar-refractivity contribution in [3.8, 4) is 5.75 Å². The van der Waals surface area contributed by atoms with E-state index in [-0.39, 0.29) is 0 Å². The molecule has 0 aliphatic heterocycles. The van der Waals surface area contributed by atoms with Crippen molar-refractivity contribution in [2.45, 2.75) is 13.8 Å². The van der Waals surface area contributed by atoms with Crippen molar-refractivity contribution < 1.29 is 4.74 Å². The molecule has 1 rings (SSSR count). The van der Waals surface area contributed by atoms with Gasteiger partial charge in [-0.15, -0.1) is 0 Å². The SMILES string of the molecule is CC(C)COc1cnc(Cl)c(Cl)c1. The van der Waals surface area contributed by atoms with Gasteiger partial charge in [-0.3, -0.25) is 0 Å². The number of nitrogens with zero attached hydrogens (tertiary/aromatic N) is 1. The van der Waals surface area contributed by atoms with Crippen LogP contribution in [0.4, 0.5) is 0 Å². The molecule has 13 heavy (non-hydrogen) atoms. The lowest BCUT2D eigenvalue weighted by Gasteiger charge is -2.08. The average molecular weight is 220 g/mol. The molecule has 0 aliphatic carbocycles. The van der Waals surface area contributed by atoms with Gasteiger partial charge in [-0.05, 0) is 5.92 Å². The molecule has 0 atom stereocenters. The van der Waals surface area contributed by atoms with Crippen LogP contribution in [-0.2, 0) is 0 Å². The molecule has 0 bridgehead atoms. The van der Waals surface area contributed by atoms with E-state index < -0.39 is 0 Å². The molecule has 0 aromatic carbocycles. The Morgan fingerprint density at radius 2 is 2.15 bits per heavy atom. The van der Waals surface area contributed by atoms with E-state index >= 15 is 0 Å². The summed E-state index contributed by atoms with van der Waals surface area (Å²) in [5, 5.41) is 0.724. The van der Waals surface area contributed by atoms with E-state index in [1.807, 2.05) is 0 Å². The van der Waals surface area contributed by atoms with Gasteiger partial charge in [-0.1, -0.05) is 37.0 Å². The highest BCUT2D eigenvalue weighted by Crippen LogP contribution is 2.23. The molecule has 72 valence electrons. The fourth-order valence-corrected chi connectivity index (χ4v) is 1.01. The second kappa shape index (κ2) is 4.68. The molecule has 1 aromatic rings. The number of aromatic nitrogens is 1. The van der Waals surface area contributed by atoms with Crippen molar-refractivity contribution in [3.63, 3.8) is 0 Å². The predicted molar refractivity (Wildman–Crippen MR) is 54.6 cm³/mol. The van der Waals surface area contributed by atoms with E-state index in [2.05, 4.69) is 18.8 Å². The van der Waals surface area contributed by atoms with E-state index in [0.29, 0.717) is 28.5 Å². The molecule has 1 heterocycles. The number of hydrogen-bond acceptors (Lipinski definition) is 2. The number of halogens is 2. The maximum atomic E-state index is 5.75. The zero-order valence-electron chi connectivity index (χ0n) is 7.55. The first-order chi connectivity index (χ1) is 6.09. The Balaban J connectivity index is 2.63. The first kappa shape index (κ1) is 10.6. The van der Waals surface area contributed by atoms with Crippen LogP contribution in [0.25, 0.3) is 0 Å². The van der Waals surface area contributed by atoms with Crippen LogP contribution in [0.2, 0.25) is 10.2 Å². The van der Waals surface area contributed by atoms with Gasteiger partial charge in [0.05, 0.1) is 17.8 Å². The average Bonchev–Trinajstić information content (AvgIpc) is 2.07. The van der Waals surface area contributed by atoms with E-state index in [4.69, 9.17) is 27.9 Å². The Labute approximate surface area is 87.8 Å². The van der Waals surface area contributed by atoms with Gasteiger partial charge in [0.1, 0.15) is 10.9 Å². The van der Waals surface area contributed by atoms with Gasteiger partial charge in [-0.2, -0.15) is 0 Å². The van der Waals surface area contributed by atoms with Crippen LogP contribution >= 0.6 is 23.2 Å². The molecule has 0 aliphatic rings. The summed E-state index contributed by atoms with van der Waals surface area (Å²) in [7, 11) is 0. The van der Waals surface area contributed by atoms with Gasteiger partial charge in [-0.25, -0.2) is 4.98 Å². The minimum Gasteiger partial charge on any atom is -0.492 e. The topological polar surface area (TPSA) is 22.1 Å². The van der Waals surface area contributed by atoms with E-state index in [0.717, 1.165) is 0 Å². The van der Waals surface area contributed by atoms with Crippen LogP contribution in [0.3, 0.4) is 0 Å². The number of rotatable bonds is 3. The zero-order valence-corrected chi connectivity index (χ0v) is 9.06. The third kappa shape index (κ3) is 3.41. The minimum atomic E-state index is 0.304. The molecule has 0 unspecified atom stereocenters. The molecule has 0 N–H and O–H groups in total. The lowest BCUT2D eigenvalue weighted by molar-refractivity contribution is 0.270. The van der Waals surface area contributed by atoms with Crippen molar-refractivity contribution in [2.75, 3.05) is 6.61 Å². The molecule has 0 radical (unpaired) electrons. The van der Waals surface area contributed by atoms with E-state index in [9.17, 15) is 0 Å². The Bertz CT molecular complexity index is 289. The first-order valence-corrected chi connectivity index (χ1v) is 4.79. The van der Waals surface area contributed by atoms with Gasteiger partial charge < -0.3 is 4.74 Å². The summed E-state index contributed by atoms with van der Waals surface area (Å²) < 4.78 is 5.40. The largest absolute Gasteiger partial charge is 0.492 e. The standard InChI is InChI=1S/C9H11Cl2NO/c1-6(2)5-13-7-3-8(10)9(11)12-4-7/h3-4,6H,5H2,1-2H3. The van der Waals surface area contributed by atoms with Crippen LogP contribution < -0.4 is 4.74 Å². The summed E-state index contributed by atoms with van der Waals surface area (Å²) in [6, 6.07) is 1.67. The summed E-state index contributed by atoms with van der Waals surface area (Å²) >= 11 is 11.4. The Morgan fingerprint density at radius 3 is 2.69 bits per heavy atom. The number of hydrogen-bond donors (Lipinski definition) is 0. The van der Waals surface area contributed by atoms with Crippen molar-refractivity contribution in [1.82, 2.24) is 4.98 Å². The van der Waals surface area contributed by atoms with E-state index in [1.54, 1.807) is 12.3 Å². The summed E-state index contributed by atoms with van der Waals surface area (Å²) in [5.41, 5.74) is 0. The van der Waals surface area contributed by atoms with Crippen molar-refractivity contribution in [1.29, 1.82) is 0 Å². The Hall–Kier alpha value is -0.470. The normalized spacial score (nSPS) is 10.5. The lowest BCUT2D eigenvalue weighted by atomic mass is 10.2. The highest BCUT2D eigenvalue weighted by atomic mass is 35.5. The third-order valence-corrected chi connectivity index (χ3v) is 2.04. The Kier molecular flexibility index (Phi) is 3.82.